The Bertz CT molecular complexity index is 1420. The molecule has 34 heavy (non-hydrogen) atoms. The van der Waals surface area contributed by atoms with Gasteiger partial charge in [0.25, 0.3) is 5.56 Å². The zero-order chi connectivity index (χ0) is 24.5. The molecule has 2 N–H and O–H groups in total. The normalized spacial score (nSPS) is 15.0. The number of aromatic nitrogens is 3. The average Bonchev–Trinajstić information content (AvgIpc) is 2.79. The topological polar surface area (TPSA) is 92.9 Å². The minimum absolute atomic E-state index is 0.0855. The lowest BCUT2D eigenvalue weighted by molar-refractivity contribution is -0.154. The van der Waals surface area contributed by atoms with Crippen LogP contribution >= 0.6 is 11.6 Å². The Morgan fingerprint density at radius 1 is 1.18 bits per heavy atom. The van der Waals surface area contributed by atoms with Crippen molar-refractivity contribution in [1.29, 1.82) is 5.41 Å². The molecule has 0 spiro atoms. The zero-order valence-corrected chi connectivity index (χ0v) is 18.4. The van der Waals surface area contributed by atoms with Crippen molar-refractivity contribution < 1.29 is 17.9 Å². The predicted octanol–water partition coefficient (Wildman–Crippen LogP) is 4.59. The van der Waals surface area contributed by atoms with Gasteiger partial charge in [-0.1, -0.05) is 23.7 Å². The number of rotatable bonds is 5. The molecule has 0 aliphatic heterocycles. The molecular formula is C23H17ClF3N5O2. The molecule has 1 aromatic carbocycles. The quantitative estimate of drug-likeness (QED) is 0.549. The van der Waals surface area contributed by atoms with Crippen molar-refractivity contribution in [2.24, 2.45) is 0 Å². The van der Waals surface area contributed by atoms with E-state index in [4.69, 9.17) is 21.7 Å². The van der Waals surface area contributed by atoms with Crippen LogP contribution in [0.2, 0.25) is 5.02 Å². The van der Waals surface area contributed by atoms with Crippen molar-refractivity contribution >= 4 is 34.0 Å². The summed E-state index contributed by atoms with van der Waals surface area (Å²) in [5, 5.41) is 15.7. The lowest BCUT2D eigenvalue weighted by atomic mass is 10.0. The molecule has 0 bridgehead atoms. The molecule has 0 radical (unpaired) electrons. The van der Waals surface area contributed by atoms with Crippen LogP contribution in [0.3, 0.4) is 0 Å². The Morgan fingerprint density at radius 2 is 1.91 bits per heavy atom. The lowest BCUT2D eigenvalue weighted by Crippen LogP contribution is -2.25. The number of hydrogen-bond acceptors (Lipinski definition) is 6. The Morgan fingerprint density at radius 3 is 2.59 bits per heavy atom. The minimum Gasteiger partial charge on any atom is -0.468 e. The van der Waals surface area contributed by atoms with Gasteiger partial charge in [-0.15, -0.1) is 0 Å². The Labute approximate surface area is 196 Å². The van der Waals surface area contributed by atoms with E-state index in [0.717, 1.165) is 4.68 Å². The Kier molecular flexibility index (Phi) is 6.25. The third-order valence-corrected chi connectivity index (χ3v) is 5.05. The maximum Gasteiger partial charge on any atom is 0.422 e. The fourth-order valence-corrected chi connectivity index (χ4v) is 3.43. The fourth-order valence-electron chi connectivity index (χ4n) is 3.30. The van der Waals surface area contributed by atoms with Crippen molar-refractivity contribution in [3.05, 3.63) is 81.8 Å². The summed E-state index contributed by atoms with van der Waals surface area (Å²) in [6, 6.07) is 9.09. The van der Waals surface area contributed by atoms with E-state index in [1.165, 1.54) is 18.2 Å². The number of nitrogens with zero attached hydrogens (tertiary/aromatic N) is 3. The third kappa shape index (κ3) is 4.86. The number of benzene rings is 1. The standard InChI is InChI=1S/C23H17ClF3N5O2/c1-29-11-14-10-16(6-7-17(14)28)32-22(33)20(13-2-4-15(24)5-3-13)21-18(31-32)8-9-19(30-21)34-12-23(25,26)27/h2-11,28-29H,12H2,1H3/b14-11-,28-17?. The van der Waals surface area contributed by atoms with Crippen molar-refractivity contribution in [2.45, 2.75) is 6.18 Å². The molecular weight excluding hydrogens is 471 g/mol. The third-order valence-electron chi connectivity index (χ3n) is 4.80. The van der Waals surface area contributed by atoms with Crippen LogP contribution in [0, 0.1) is 5.41 Å². The highest BCUT2D eigenvalue weighted by Crippen LogP contribution is 2.28. The van der Waals surface area contributed by atoms with E-state index in [0.29, 0.717) is 21.9 Å². The first-order valence-electron chi connectivity index (χ1n) is 9.92. The largest absolute Gasteiger partial charge is 0.468 e. The number of nitrogens with one attached hydrogen (secondary N) is 2. The average molecular weight is 488 g/mol. The molecule has 3 aromatic rings. The Hall–Kier alpha value is -3.92. The van der Waals surface area contributed by atoms with E-state index >= 15 is 0 Å². The van der Waals surface area contributed by atoms with Gasteiger partial charge < -0.3 is 15.5 Å². The zero-order valence-electron chi connectivity index (χ0n) is 17.7. The van der Waals surface area contributed by atoms with Crippen molar-refractivity contribution in [3.63, 3.8) is 0 Å². The van der Waals surface area contributed by atoms with Gasteiger partial charge in [0.05, 0.1) is 17.0 Å². The van der Waals surface area contributed by atoms with Gasteiger partial charge in [-0.25, -0.2) is 4.98 Å². The second kappa shape index (κ2) is 9.14. The highest BCUT2D eigenvalue weighted by atomic mass is 35.5. The van der Waals surface area contributed by atoms with E-state index < -0.39 is 18.3 Å². The smallest absolute Gasteiger partial charge is 0.422 e. The molecule has 2 aromatic heterocycles. The van der Waals surface area contributed by atoms with E-state index in [9.17, 15) is 18.0 Å². The van der Waals surface area contributed by atoms with Crippen LogP contribution in [0.4, 0.5) is 13.2 Å². The Balaban J connectivity index is 1.94. The number of halogens is 4. The van der Waals surface area contributed by atoms with Crippen molar-refractivity contribution in [1.82, 2.24) is 20.1 Å². The van der Waals surface area contributed by atoms with Crippen molar-refractivity contribution in [3.8, 4) is 17.0 Å². The summed E-state index contributed by atoms with van der Waals surface area (Å²) >= 11 is 5.99. The fraction of sp³-hybridized carbons (Fsp3) is 0.130. The second-order valence-electron chi connectivity index (χ2n) is 7.22. The summed E-state index contributed by atoms with van der Waals surface area (Å²) < 4.78 is 43.8. The first-order valence-corrected chi connectivity index (χ1v) is 10.3. The summed E-state index contributed by atoms with van der Waals surface area (Å²) in [5.74, 6) is -0.288. The van der Waals surface area contributed by atoms with E-state index in [2.05, 4.69) is 15.4 Å². The van der Waals surface area contributed by atoms with Crippen LogP contribution in [-0.2, 0) is 0 Å². The molecule has 0 atom stereocenters. The van der Waals surface area contributed by atoms with Crippen LogP contribution in [0.25, 0.3) is 27.9 Å². The summed E-state index contributed by atoms with van der Waals surface area (Å²) in [6.07, 6.45) is 1.81. The molecule has 174 valence electrons. The van der Waals surface area contributed by atoms with Crippen LogP contribution in [0.1, 0.15) is 0 Å². The molecule has 4 rings (SSSR count). The monoisotopic (exact) mass is 487 g/mol. The maximum absolute atomic E-state index is 13.6. The number of alkyl halides is 3. The molecule has 1 aliphatic rings. The number of pyridine rings is 1. The van der Waals surface area contributed by atoms with Gasteiger partial charge in [-0.3, -0.25) is 4.79 Å². The van der Waals surface area contributed by atoms with Gasteiger partial charge in [0.2, 0.25) is 5.88 Å². The summed E-state index contributed by atoms with van der Waals surface area (Å²) in [5.41, 5.74) is 1.55. The first-order chi connectivity index (χ1) is 16.2. The molecule has 0 amide bonds. The lowest BCUT2D eigenvalue weighted by Gasteiger charge is -2.15. The van der Waals surface area contributed by atoms with Gasteiger partial charge in [0, 0.05) is 29.9 Å². The number of fused-ring (bicyclic) bond motifs is 1. The van der Waals surface area contributed by atoms with E-state index in [-0.39, 0.29) is 28.2 Å². The van der Waals surface area contributed by atoms with Gasteiger partial charge in [-0.2, -0.15) is 23.0 Å². The van der Waals surface area contributed by atoms with Gasteiger partial charge >= 0.3 is 6.18 Å². The van der Waals surface area contributed by atoms with Crippen LogP contribution in [0.5, 0.6) is 5.88 Å². The molecule has 7 nitrogen and oxygen atoms in total. The summed E-state index contributed by atoms with van der Waals surface area (Å²) in [6.45, 7) is -1.52. The molecule has 0 saturated heterocycles. The number of hydrogen-bond donors (Lipinski definition) is 2. The molecule has 0 fully saturated rings. The van der Waals surface area contributed by atoms with E-state index in [1.807, 2.05) is 0 Å². The second-order valence-corrected chi connectivity index (χ2v) is 7.66. The highest BCUT2D eigenvalue weighted by molar-refractivity contribution is 6.30. The van der Waals surface area contributed by atoms with Gasteiger partial charge in [0.1, 0.15) is 11.0 Å². The first kappa shape index (κ1) is 23.2. The number of allylic oxidation sites excluding steroid dienone is 5. The molecule has 0 unspecified atom stereocenters. The van der Waals surface area contributed by atoms with Gasteiger partial charge in [-0.05, 0) is 42.0 Å². The van der Waals surface area contributed by atoms with Crippen LogP contribution < -0.4 is 15.6 Å². The molecule has 2 heterocycles. The summed E-state index contributed by atoms with van der Waals surface area (Å²) in [7, 11) is 1.69. The SMILES string of the molecule is CN/C=C1/C=C(n2nc3ccc(OCC(F)(F)F)nc3c(-c3ccc(Cl)cc3)c2=O)C=CC1=N. The summed E-state index contributed by atoms with van der Waals surface area (Å²) in [4.78, 5) is 17.7. The maximum atomic E-state index is 13.6. The minimum atomic E-state index is -4.54. The van der Waals surface area contributed by atoms with E-state index in [1.54, 1.807) is 49.7 Å². The van der Waals surface area contributed by atoms with Gasteiger partial charge in [0.15, 0.2) is 6.61 Å². The van der Waals surface area contributed by atoms with Crippen LogP contribution in [0.15, 0.2) is 71.2 Å². The van der Waals surface area contributed by atoms with Crippen LogP contribution in [-0.4, -0.2) is 40.3 Å². The molecule has 0 saturated carbocycles. The van der Waals surface area contributed by atoms with Crippen molar-refractivity contribution in [2.75, 3.05) is 13.7 Å². The molecule has 1 aliphatic carbocycles. The molecule has 11 heteroatoms. The highest BCUT2D eigenvalue weighted by Gasteiger charge is 2.29. The number of ether oxygens (including phenoxy) is 1. The predicted molar refractivity (Wildman–Crippen MR) is 124 cm³/mol.